The Bertz CT molecular complexity index is 331. The van der Waals surface area contributed by atoms with Crippen molar-refractivity contribution in [2.45, 2.75) is 27.2 Å². The highest BCUT2D eigenvalue weighted by molar-refractivity contribution is 5.78. The van der Waals surface area contributed by atoms with Gasteiger partial charge in [-0.2, -0.15) is 0 Å². The van der Waals surface area contributed by atoms with Crippen molar-refractivity contribution >= 4 is 5.91 Å². The van der Waals surface area contributed by atoms with Crippen LogP contribution in [0.1, 0.15) is 25.0 Å². The highest BCUT2D eigenvalue weighted by atomic mass is 16.1. The van der Waals surface area contributed by atoms with E-state index in [9.17, 15) is 4.79 Å². The molecule has 1 amide bonds. The molecule has 0 fully saturated rings. The van der Waals surface area contributed by atoms with E-state index in [0.29, 0.717) is 12.3 Å². The molecule has 0 spiro atoms. The van der Waals surface area contributed by atoms with Crippen LogP contribution in [0.2, 0.25) is 0 Å². The van der Waals surface area contributed by atoms with Gasteiger partial charge in [-0.05, 0) is 18.4 Å². The molecule has 0 heterocycles. The average Bonchev–Trinajstić information content (AvgIpc) is 2.15. The summed E-state index contributed by atoms with van der Waals surface area (Å²) in [5.41, 5.74) is 2.28. The minimum absolute atomic E-state index is 0.106. The van der Waals surface area contributed by atoms with Gasteiger partial charge >= 0.3 is 0 Å². The Kier molecular flexibility index (Phi) is 4.35. The summed E-state index contributed by atoms with van der Waals surface area (Å²) >= 11 is 0. The maximum absolute atomic E-state index is 11.5. The monoisotopic (exact) mass is 205 g/mol. The normalized spacial score (nSPS) is 10.4. The second-order valence-electron chi connectivity index (χ2n) is 4.36. The lowest BCUT2D eigenvalue weighted by molar-refractivity contribution is -0.120. The predicted octanol–water partition coefficient (Wildman–Crippen LogP) is 2.31. The molecule has 15 heavy (non-hydrogen) atoms. The molecule has 0 aliphatic rings. The molecule has 0 unspecified atom stereocenters. The number of carbonyl (C=O) groups excluding carboxylic acids is 1. The molecule has 1 rings (SSSR count). The van der Waals surface area contributed by atoms with E-state index in [0.717, 1.165) is 12.1 Å². The van der Waals surface area contributed by atoms with E-state index in [-0.39, 0.29) is 5.91 Å². The highest BCUT2D eigenvalue weighted by Crippen LogP contribution is 2.04. The second kappa shape index (κ2) is 5.54. The highest BCUT2D eigenvalue weighted by Gasteiger charge is 2.03. The first-order valence-corrected chi connectivity index (χ1v) is 5.40. The Hall–Kier alpha value is -1.31. The number of rotatable bonds is 4. The molecule has 2 heteroatoms. The molecule has 1 aromatic carbocycles. The van der Waals surface area contributed by atoms with Crippen molar-refractivity contribution in [1.82, 2.24) is 5.32 Å². The minimum atomic E-state index is 0.106. The van der Waals surface area contributed by atoms with Crippen LogP contribution in [0.4, 0.5) is 0 Å². The molecule has 0 bridgehead atoms. The Morgan fingerprint density at radius 1 is 1.40 bits per heavy atom. The smallest absolute Gasteiger partial charge is 0.224 e. The first-order valence-electron chi connectivity index (χ1n) is 5.40. The Morgan fingerprint density at radius 3 is 2.73 bits per heavy atom. The third kappa shape index (κ3) is 4.63. The molecule has 0 aromatic heterocycles. The Morgan fingerprint density at radius 2 is 2.13 bits per heavy atom. The van der Waals surface area contributed by atoms with E-state index in [1.807, 2.05) is 25.1 Å². The van der Waals surface area contributed by atoms with Crippen LogP contribution in [0.5, 0.6) is 0 Å². The number of hydrogen-bond donors (Lipinski definition) is 1. The fourth-order valence-corrected chi connectivity index (χ4v) is 1.39. The van der Waals surface area contributed by atoms with Crippen molar-refractivity contribution in [3.8, 4) is 0 Å². The molecule has 2 nitrogen and oxygen atoms in total. The van der Waals surface area contributed by atoms with Crippen LogP contribution in [0.3, 0.4) is 0 Å². The molecule has 1 aromatic rings. The molecule has 0 radical (unpaired) electrons. The van der Waals surface area contributed by atoms with Crippen molar-refractivity contribution in [2.75, 3.05) is 6.54 Å². The summed E-state index contributed by atoms with van der Waals surface area (Å²) in [5.74, 6) is 0.612. The van der Waals surface area contributed by atoms with Crippen LogP contribution in [-0.4, -0.2) is 12.5 Å². The largest absolute Gasteiger partial charge is 0.356 e. The fraction of sp³-hybridized carbons (Fsp3) is 0.462. The number of nitrogens with one attached hydrogen (secondary N) is 1. The van der Waals surface area contributed by atoms with Gasteiger partial charge in [-0.15, -0.1) is 0 Å². The van der Waals surface area contributed by atoms with Gasteiger partial charge in [0.15, 0.2) is 0 Å². The van der Waals surface area contributed by atoms with Crippen LogP contribution in [0, 0.1) is 12.8 Å². The first-order chi connectivity index (χ1) is 7.08. The first kappa shape index (κ1) is 11.8. The van der Waals surface area contributed by atoms with Crippen LogP contribution >= 0.6 is 0 Å². The third-order valence-corrected chi connectivity index (χ3v) is 2.15. The fourth-order valence-electron chi connectivity index (χ4n) is 1.39. The zero-order valence-electron chi connectivity index (χ0n) is 9.71. The molecule has 82 valence electrons. The molecule has 0 aliphatic heterocycles. The van der Waals surface area contributed by atoms with Gasteiger partial charge in [-0.1, -0.05) is 43.7 Å². The predicted molar refractivity (Wildman–Crippen MR) is 62.7 cm³/mol. The summed E-state index contributed by atoms with van der Waals surface area (Å²) in [6, 6.07) is 8.06. The van der Waals surface area contributed by atoms with Gasteiger partial charge in [0.25, 0.3) is 0 Å². The minimum Gasteiger partial charge on any atom is -0.356 e. The lowest BCUT2D eigenvalue weighted by atomic mass is 10.1. The standard InChI is InChI=1S/C13H19NO/c1-10(2)9-14-13(15)8-12-6-4-5-11(3)7-12/h4-7,10H,8-9H2,1-3H3,(H,14,15). The van der Waals surface area contributed by atoms with Gasteiger partial charge in [0.2, 0.25) is 5.91 Å². The van der Waals surface area contributed by atoms with Gasteiger partial charge in [-0.25, -0.2) is 0 Å². The number of benzene rings is 1. The van der Waals surface area contributed by atoms with Crippen molar-refractivity contribution in [3.63, 3.8) is 0 Å². The van der Waals surface area contributed by atoms with Crippen LogP contribution in [-0.2, 0) is 11.2 Å². The summed E-state index contributed by atoms with van der Waals surface area (Å²) in [4.78, 5) is 11.5. The average molecular weight is 205 g/mol. The van der Waals surface area contributed by atoms with Crippen molar-refractivity contribution in [1.29, 1.82) is 0 Å². The molecule has 0 saturated carbocycles. The topological polar surface area (TPSA) is 29.1 Å². The van der Waals surface area contributed by atoms with E-state index in [1.165, 1.54) is 5.56 Å². The second-order valence-corrected chi connectivity index (χ2v) is 4.36. The van der Waals surface area contributed by atoms with Crippen LogP contribution < -0.4 is 5.32 Å². The van der Waals surface area contributed by atoms with Gasteiger partial charge < -0.3 is 5.32 Å². The zero-order valence-corrected chi connectivity index (χ0v) is 9.71. The molecular weight excluding hydrogens is 186 g/mol. The molecular formula is C13H19NO. The molecule has 1 N–H and O–H groups in total. The summed E-state index contributed by atoms with van der Waals surface area (Å²) in [6.07, 6.45) is 0.481. The van der Waals surface area contributed by atoms with E-state index in [2.05, 4.69) is 25.2 Å². The van der Waals surface area contributed by atoms with Crippen molar-refractivity contribution in [3.05, 3.63) is 35.4 Å². The van der Waals surface area contributed by atoms with Gasteiger partial charge in [-0.3, -0.25) is 4.79 Å². The lowest BCUT2D eigenvalue weighted by Crippen LogP contribution is -2.28. The maximum Gasteiger partial charge on any atom is 0.224 e. The third-order valence-electron chi connectivity index (χ3n) is 2.15. The quantitative estimate of drug-likeness (QED) is 0.803. The maximum atomic E-state index is 11.5. The number of aryl methyl sites for hydroxylation is 1. The summed E-state index contributed by atoms with van der Waals surface area (Å²) in [7, 11) is 0. The van der Waals surface area contributed by atoms with E-state index >= 15 is 0 Å². The van der Waals surface area contributed by atoms with Gasteiger partial charge in [0.1, 0.15) is 0 Å². The number of amides is 1. The number of carbonyl (C=O) groups is 1. The molecule has 0 atom stereocenters. The Balaban J connectivity index is 2.44. The zero-order chi connectivity index (χ0) is 11.3. The van der Waals surface area contributed by atoms with E-state index in [1.54, 1.807) is 0 Å². The van der Waals surface area contributed by atoms with Crippen molar-refractivity contribution < 1.29 is 4.79 Å². The van der Waals surface area contributed by atoms with E-state index in [4.69, 9.17) is 0 Å². The number of hydrogen-bond acceptors (Lipinski definition) is 1. The lowest BCUT2D eigenvalue weighted by Gasteiger charge is -2.07. The summed E-state index contributed by atoms with van der Waals surface area (Å²) in [6.45, 7) is 6.97. The Labute approximate surface area is 91.7 Å². The molecule has 0 aliphatic carbocycles. The van der Waals surface area contributed by atoms with E-state index < -0.39 is 0 Å². The van der Waals surface area contributed by atoms with Gasteiger partial charge in [0.05, 0.1) is 6.42 Å². The van der Waals surface area contributed by atoms with Gasteiger partial charge in [0, 0.05) is 6.54 Å². The van der Waals surface area contributed by atoms with Crippen molar-refractivity contribution in [2.24, 2.45) is 5.92 Å². The summed E-state index contributed by atoms with van der Waals surface area (Å²) in [5, 5.41) is 2.91. The summed E-state index contributed by atoms with van der Waals surface area (Å²) < 4.78 is 0. The van der Waals surface area contributed by atoms with Crippen LogP contribution in [0.15, 0.2) is 24.3 Å². The molecule has 0 saturated heterocycles. The van der Waals surface area contributed by atoms with Crippen LogP contribution in [0.25, 0.3) is 0 Å². The SMILES string of the molecule is Cc1cccc(CC(=O)NCC(C)C)c1.